The first kappa shape index (κ1) is 14.0. The Kier molecular flexibility index (Phi) is 3.57. The Morgan fingerprint density at radius 3 is 2.26 bits per heavy atom. The molecule has 1 aromatic heterocycles. The van der Waals surface area contributed by atoms with E-state index in [-0.39, 0.29) is 0 Å². The van der Waals surface area contributed by atoms with Gasteiger partial charge >= 0.3 is 5.82 Å². The standard InChI is InChI=1S/C19H14N3S/c20-13-16-17(14-7-3-1-4-8-14)21-18(15-9-5-2-6-10-15)22-11-12-23-19(16)22/h1-10H,11-12H2/q+1. The number of nitrogens with zero attached hydrogens (tertiary/aromatic N) is 3. The molecule has 4 rings (SSSR count). The van der Waals surface area contributed by atoms with E-state index in [1.165, 1.54) is 0 Å². The number of hydrogen-bond acceptors (Lipinski definition) is 3. The Morgan fingerprint density at radius 2 is 1.61 bits per heavy atom. The van der Waals surface area contributed by atoms with Gasteiger partial charge in [-0.3, -0.25) is 0 Å². The van der Waals surface area contributed by atoms with Crippen LogP contribution in [0.3, 0.4) is 0 Å². The molecular weight excluding hydrogens is 302 g/mol. The molecule has 0 unspecified atom stereocenters. The summed E-state index contributed by atoms with van der Waals surface area (Å²) in [5.74, 6) is 1.91. The van der Waals surface area contributed by atoms with E-state index in [9.17, 15) is 5.26 Å². The summed E-state index contributed by atoms with van der Waals surface area (Å²) in [6.07, 6.45) is 0. The zero-order valence-corrected chi connectivity index (χ0v) is 13.3. The number of nitriles is 1. The van der Waals surface area contributed by atoms with Crippen molar-refractivity contribution >= 4 is 11.8 Å². The van der Waals surface area contributed by atoms with Crippen molar-refractivity contribution in [2.75, 3.05) is 5.75 Å². The largest absolute Gasteiger partial charge is 0.331 e. The summed E-state index contributed by atoms with van der Waals surface area (Å²) in [5.41, 5.74) is 3.51. The van der Waals surface area contributed by atoms with Crippen molar-refractivity contribution in [3.8, 4) is 28.7 Å². The van der Waals surface area contributed by atoms with Crippen LogP contribution in [-0.2, 0) is 6.54 Å². The van der Waals surface area contributed by atoms with Gasteiger partial charge in [0.2, 0.25) is 5.69 Å². The molecule has 1 aliphatic heterocycles. The summed E-state index contributed by atoms with van der Waals surface area (Å²) in [4.78, 5) is 4.88. The van der Waals surface area contributed by atoms with E-state index in [0.717, 1.165) is 40.0 Å². The van der Waals surface area contributed by atoms with Gasteiger partial charge in [-0.2, -0.15) is 5.26 Å². The summed E-state index contributed by atoms with van der Waals surface area (Å²) in [7, 11) is 0. The summed E-state index contributed by atoms with van der Waals surface area (Å²) in [6.45, 7) is 0.890. The van der Waals surface area contributed by atoms with Crippen LogP contribution in [0, 0.1) is 11.3 Å². The Labute approximate surface area is 139 Å². The SMILES string of the molecule is N#Cc1c(-c2ccccc2)nc(-c2ccccc2)[n+]2c1SCC2. The molecule has 0 fully saturated rings. The van der Waals surface area contributed by atoms with Crippen LogP contribution >= 0.6 is 11.8 Å². The summed E-state index contributed by atoms with van der Waals surface area (Å²) < 4.78 is 2.17. The van der Waals surface area contributed by atoms with Crippen molar-refractivity contribution in [2.24, 2.45) is 0 Å². The van der Waals surface area contributed by atoms with Crippen LogP contribution in [0.25, 0.3) is 22.6 Å². The first-order valence-corrected chi connectivity index (χ1v) is 8.48. The minimum absolute atomic E-state index is 0.679. The second kappa shape index (κ2) is 5.86. The molecule has 0 N–H and O–H groups in total. The third-order valence-electron chi connectivity index (χ3n) is 3.91. The van der Waals surface area contributed by atoms with Gasteiger partial charge in [-0.15, -0.1) is 0 Å². The smallest absolute Gasteiger partial charge is 0.216 e. The molecule has 0 aliphatic carbocycles. The van der Waals surface area contributed by atoms with Gasteiger partial charge in [0.1, 0.15) is 12.6 Å². The number of aromatic nitrogens is 2. The Hall–Kier alpha value is -2.64. The number of fused-ring (bicyclic) bond motifs is 1. The van der Waals surface area contributed by atoms with Crippen molar-refractivity contribution in [1.29, 1.82) is 5.26 Å². The van der Waals surface area contributed by atoms with Gasteiger partial charge in [0.05, 0.1) is 5.56 Å². The highest BCUT2D eigenvalue weighted by molar-refractivity contribution is 7.99. The molecular formula is C19H14N3S+. The minimum atomic E-state index is 0.679. The predicted octanol–water partition coefficient (Wildman–Crippen LogP) is 3.68. The Bertz CT molecular complexity index is 899. The second-order valence-corrected chi connectivity index (χ2v) is 6.39. The average molecular weight is 316 g/mol. The van der Waals surface area contributed by atoms with Crippen molar-refractivity contribution in [3.63, 3.8) is 0 Å². The number of benzene rings is 2. The molecule has 3 nitrogen and oxygen atoms in total. The quantitative estimate of drug-likeness (QED) is 0.535. The molecule has 0 saturated heterocycles. The van der Waals surface area contributed by atoms with Gasteiger partial charge in [-0.1, -0.05) is 60.3 Å². The van der Waals surface area contributed by atoms with Gasteiger partial charge in [-0.05, 0) is 17.1 Å². The molecule has 0 radical (unpaired) electrons. The predicted molar refractivity (Wildman–Crippen MR) is 90.7 cm³/mol. The topological polar surface area (TPSA) is 40.6 Å². The van der Waals surface area contributed by atoms with Crippen LogP contribution in [0.1, 0.15) is 5.56 Å². The maximum atomic E-state index is 9.69. The highest BCUT2D eigenvalue weighted by atomic mass is 32.2. The molecule has 0 saturated carbocycles. The second-order valence-electron chi connectivity index (χ2n) is 5.31. The Balaban J connectivity index is 2.03. The van der Waals surface area contributed by atoms with Crippen LogP contribution < -0.4 is 4.57 Å². The van der Waals surface area contributed by atoms with Crippen LogP contribution in [0.4, 0.5) is 0 Å². The first-order valence-electron chi connectivity index (χ1n) is 7.50. The maximum absolute atomic E-state index is 9.69. The lowest BCUT2D eigenvalue weighted by atomic mass is 10.1. The first-order chi connectivity index (χ1) is 11.4. The fraction of sp³-hybridized carbons (Fsp3) is 0.105. The van der Waals surface area contributed by atoms with E-state index in [1.54, 1.807) is 11.8 Å². The lowest BCUT2D eigenvalue weighted by Crippen LogP contribution is -2.37. The van der Waals surface area contributed by atoms with Gasteiger partial charge in [0.15, 0.2) is 10.6 Å². The van der Waals surface area contributed by atoms with Crippen molar-refractivity contribution < 1.29 is 4.57 Å². The van der Waals surface area contributed by atoms with E-state index in [1.807, 2.05) is 48.5 Å². The fourth-order valence-electron chi connectivity index (χ4n) is 2.86. The zero-order chi connectivity index (χ0) is 15.6. The van der Waals surface area contributed by atoms with Crippen LogP contribution in [0.2, 0.25) is 0 Å². The molecule has 2 aromatic carbocycles. The monoisotopic (exact) mass is 316 g/mol. The van der Waals surface area contributed by atoms with Gasteiger partial charge in [0, 0.05) is 11.3 Å². The zero-order valence-electron chi connectivity index (χ0n) is 12.4. The van der Waals surface area contributed by atoms with Crippen molar-refractivity contribution in [3.05, 3.63) is 66.2 Å². The third-order valence-corrected chi connectivity index (χ3v) is 5.00. The number of hydrogen-bond donors (Lipinski definition) is 0. The Morgan fingerprint density at radius 1 is 0.957 bits per heavy atom. The van der Waals surface area contributed by atoms with E-state index >= 15 is 0 Å². The van der Waals surface area contributed by atoms with Gasteiger partial charge in [0.25, 0.3) is 0 Å². The van der Waals surface area contributed by atoms with Crippen LogP contribution in [0.15, 0.2) is 65.7 Å². The lowest BCUT2D eigenvalue weighted by Gasteiger charge is -2.06. The highest BCUT2D eigenvalue weighted by Gasteiger charge is 2.32. The molecule has 0 spiro atoms. The maximum Gasteiger partial charge on any atom is 0.331 e. The third kappa shape index (κ3) is 2.39. The summed E-state index contributed by atoms with van der Waals surface area (Å²) in [6, 6.07) is 22.5. The van der Waals surface area contributed by atoms with Crippen LogP contribution in [0.5, 0.6) is 0 Å². The number of rotatable bonds is 2. The number of thioether (sulfide) groups is 1. The van der Waals surface area contributed by atoms with E-state index in [2.05, 4.69) is 22.8 Å². The summed E-state index contributed by atoms with van der Waals surface area (Å²) >= 11 is 1.74. The molecule has 4 heteroatoms. The molecule has 0 bridgehead atoms. The van der Waals surface area contributed by atoms with Crippen molar-refractivity contribution in [1.82, 2.24) is 4.98 Å². The minimum Gasteiger partial charge on any atom is -0.216 e. The average Bonchev–Trinajstić information content (AvgIpc) is 3.11. The molecule has 0 atom stereocenters. The molecule has 23 heavy (non-hydrogen) atoms. The molecule has 3 aromatic rings. The van der Waals surface area contributed by atoms with Crippen molar-refractivity contribution in [2.45, 2.75) is 11.6 Å². The molecule has 0 amide bonds. The summed E-state index contributed by atoms with van der Waals surface area (Å²) in [5, 5.41) is 10.7. The van der Waals surface area contributed by atoms with E-state index in [4.69, 9.17) is 4.98 Å². The van der Waals surface area contributed by atoms with E-state index in [0.29, 0.717) is 5.56 Å². The fourth-order valence-corrected chi connectivity index (χ4v) is 3.95. The molecule has 2 heterocycles. The molecule has 110 valence electrons. The van der Waals surface area contributed by atoms with Gasteiger partial charge < -0.3 is 0 Å². The lowest BCUT2D eigenvalue weighted by molar-refractivity contribution is -0.715. The van der Waals surface area contributed by atoms with Crippen LogP contribution in [-0.4, -0.2) is 10.7 Å². The van der Waals surface area contributed by atoms with E-state index < -0.39 is 0 Å². The normalized spacial score (nSPS) is 12.7. The van der Waals surface area contributed by atoms with Gasteiger partial charge in [-0.25, -0.2) is 4.57 Å². The molecule has 1 aliphatic rings. The highest BCUT2D eigenvalue weighted by Crippen LogP contribution is 2.32.